The van der Waals surface area contributed by atoms with Crippen LogP contribution in [0.3, 0.4) is 0 Å². The van der Waals surface area contributed by atoms with E-state index in [9.17, 15) is 8.42 Å². The van der Waals surface area contributed by atoms with E-state index in [4.69, 9.17) is 16.3 Å². The molecule has 0 bridgehead atoms. The smallest absolute Gasteiger partial charge is 0.211 e. The highest BCUT2D eigenvalue weighted by molar-refractivity contribution is 7.89. The van der Waals surface area contributed by atoms with Gasteiger partial charge in [-0.05, 0) is 25.8 Å². The van der Waals surface area contributed by atoms with Crippen molar-refractivity contribution in [3.63, 3.8) is 0 Å². The molecule has 0 unspecified atom stereocenters. The minimum atomic E-state index is -3.11. The fraction of sp³-hybridized carbons (Fsp3) is 1.00. The van der Waals surface area contributed by atoms with Crippen LogP contribution in [0.15, 0.2) is 0 Å². The summed E-state index contributed by atoms with van der Waals surface area (Å²) < 4.78 is 31.0. The number of unbranched alkanes of at least 4 members (excludes halogenated alkanes) is 1. The molecule has 0 aromatic heterocycles. The van der Waals surface area contributed by atoms with Gasteiger partial charge in [0.1, 0.15) is 0 Å². The van der Waals surface area contributed by atoms with Crippen molar-refractivity contribution in [3.8, 4) is 0 Å². The average Bonchev–Trinajstić information content (AvgIpc) is 2.36. The summed E-state index contributed by atoms with van der Waals surface area (Å²) in [5.74, 6) is 0.698. The van der Waals surface area contributed by atoms with Crippen LogP contribution in [-0.4, -0.2) is 64.3 Å². The molecule has 0 saturated carbocycles. The topological polar surface area (TPSA) is 58.6 Å². The highest BCUT2D eigenvalue weighted by Gasteiger charge is 2.11. The number of halogens is 1. The minimum absolute atomic E-state index is 0.178. The molecule has 0 spiro atoms. The van der Waals surface area contributed by atoms with Crippen molar-refractivity contribution in [2.24, 2.45) is 0 Å². The van der Waals surface area contributed by atoms with Gasteiger partial charge in [0.25, 0.3) is 0 Å². The SMILES string of the molecule is O=S(=O)(CCCCCl)NCCCN1CCOCC1. The average molecular weight is 299 g/mol. The van der Waals surface area contributed by atoms with Gasteiger partial charge in [-0.15, -0.1) is 11.6 Å². The van der Waals surface area contributed by atoms with E-state index >= 15 is 0 Å². The Morgan fingerprint density at radius 2 is 1.89 bits per heavy atom. The maximum absolute atomic E-state index is 11.6. The summed E-state index contributed by atoms with van der Waals surface area (Å²) in [5.41, 5.74) is 0. The molecule has 0 aromatic rings. The summed E-state index contributed by atoms with van der Waals surface area (Å²) in [5, 5.41) is 0. The molecule has 0 aliphatic carbocycles. The number of hydrogen-bond acceptors (Lipinski definition) is 4. The molecule has 0 atom stereocenters. The molecule has 0 aromatic carbocycles. The van der Waals surface area contributed by atoms with Crippen LogP contribution < -0.4 is 4.72 Å². The number of hydrogen-bond donors (Lipinski definition) is 1. The van der Waals surface area contributed by atoms with Crippen molar-refractivity contribution >= 4 is 21.6 Å². The van der Waals surface area contributed by atoms with E-state index < -0.39 is 10.0 Å². The Kier molecular flexibility index (Phi) is 8.17. The number of rotatable bonds is 9. The summed E-state index contributed by atoms with van der Waals surface area (Å²) in [7, 11) is -3.11. The van der Waals surface area contributed by atoms with E-state index in [-0.39, 0.29) is 5.75 Å². The predicted octanol–water partition coefficient (Wildman–Crippen LogP) is 0.647. The van der Waals surface area contributed by atoms with Gasteiger partial charge in [0.05, 0.1) is 19.0 Å². The second-order valence-electron chi connectivity index (χ2n) is 4.42. The summed E-state index contributed by atoms with van der Waals surface area (Å²) in [6, 6.07) is 0. The molecule has 0 amide bonds. The number of ether oxygens (including phenoxy) is 1. The second-order valence-corrected chi connectivity index (χ2v) is 6.72. The van der Waals surface area contributed by atoms with Gasteiger partial charge in [0, 0.05) is 25.5 Å². The lowest BCUT2D eigenvalue weighted by atomic mass is 10.3. The van der Waals surface area contributed by atoms with Crippen LogP contribution in [0.25, 0.3) is 0 Å². The lowest BCUT2D eigenvalue weighted by Crippen LogP contribution is -2.38. The summed E-state index contributed by atoms with van der Waals surface area (Å²) in [6.07, 6.45) is 2.22. The Hall–Kier alpha value is 0.120. The standard InChI is InChI=1S/C11H23ClN2O3S/c12-4-1-2-11-18(15,16)13-5-3-6-14-7-9-17-10-8-14/h13H,1-11H2. The Balaban J connectivity index is 2.05. The fourth-order valence-corrected chi connectivity index (χ4v) is 3.19. The molecule has 1 fully saturated rings. The van der Waals surface area contributed by atoms with Crippen LogP contribution in [-0.2, 0) is 14.8 Å². The van der Waals surface area contributed by atoms with E-state index in [1.54, 1.807) is 0 Å². The van der Waals surface area contributed by atoms with Gasteiger partial charge in [0.15, 0.2) is 0 Å². The summed E-state index contributed by atoms with van der Waals surface area (Å²) in [6.45, 7) is 4.90. The molecule has 18 heavy (non-hydrogen) atoms. The Bertz CT molecular complexity index is 305. The van der Waals surface area contributed by atoms with Crippen molar-refractivity contribution in [3.05, 3.63) is 0 Å². The Morgan fingerprint density at radius 1 is 1.17 bits per heavy atom. The van der Waals surface area contributed by atoms with Gasteiger partial charge in [-0.3, -0.25) is 4.90 Å². The van der Waals surface area contributed by atoms with Gasteiger partial charge in [-0.25, -0.2) is 13.1 Å². The zero-order chi connectivity index (χ0) is 13.3. The summed E-state index contributed by atoms with van der Waals surface area (Å²) in [4.78, 5) is 2.30. The van der Waals surface area contributed by atoms with E-state index in [1.165, 1.54) is 0 Å². The molecule has 0 radical (unpaired) electrons. The monoisotopic (exact) mass is 298 g/mol. The van der Waals surface area contributed by atoms with E-state index in [0.29, 0.717) is 18.8 Å². The van der Waals surface area contributed by atoms with Crippen LogP contribution in [0.4, 0.5) is 0 Å². The van der Waals surface area contributed by atoms with E-state index in [2.05, 4.69) is 9.62 Å². The molecule has 108 valence electrons. The number of alkyl halides is 1. The molecular formula is C11H23ClN2O3S. The predicted molar refractivity (Wildman–Crippen MR) is 73.6 cm³/mol. The van der Waals surface area contributed by atoms with Crippen molar-refractivity contribution in [2.45, 2.75) is 19.3 Å². The molecule has 1 aliphatic heterocycles. The van der Waals surface area contributed by atoms with E-state index in [0.717, 1.165) is 45.7 Å². The molecule has 5 nitrogen and oxygen atoms in total. The highest BCUT2D eigenvalue weighted by atomic mass is 35.5. The zero-order valence-electron chi connectivity index (χ0n) is 10.7. The quantitative estimate of drug-likeness (QED) is 0.501. The first-order chi connectivity index (χ1) is 8.64. The van der Waals surface area contributed by atoms with Gasteiger partial charge in [-0.2, -0.15) is 0 Å². The van der Waals surface area contributed by atoms with Crippen LogP contribution in [0.1, 0.15) is 19.3 Å². The van der Waals surface area contributed by atoms with Crippen molar-refractivity contribution < 1.29 is 13.2 Å². The highest BCUT2D eigenvalue weighted by Crippen LogP contribution is 1.99. The van der Waals surface area contributed by atoms with Crippen LogP contribution >= 0.6 is 11.6 Å². The first kappa shape index (κ1) is 16.2. The van der Waals surface area contributed by atoms with Crippen molar-refractivity contribution in [1.82, 2.24) is 9.62 Å². The van der Waals surface area contributed by atoms with Crippen LogP contribution in [0, 0.1) is 0 Å². The van der Waals surface area contributed by atoms with Crippen LogP contribution in [0.5, 0.6) is 0 Å². The number of sulfonamides is 1. The molecule has 1 rings (SSSR count). The second kappa shape index (κ2) is 9.09. The lowest BCUT2D eigenvalue weighted by molar-refractivity contribution is 0.0376. The van der Waals surface area contributed by atoms with Crippen molar-refractivity contribution in [1.29, 1.82) is 0 Å². The molecule has 1 saturated heterocycles. The Labute approximate surface area is 115 Å². The Morgan fingerprint density at radius 3 is 2.56 bits per heavy atom. The number of nitrogens with zero attached hydrogens (tertiary/aromatic N) is 1. The third-order valence-corrected chi connectivity index (χ3v) is 4.61. The molecule has 1 aliphatic rings. The number of morpholine rings is 1. The first-order valence-electron chi connectivity index (χ1n) is 6.47. The fourth-order valence-electron chi connectivity index (χ4n) is 1.81. The van der Waals surface area contributed by atoms with Gasteiger partial charge < -0.3 is 4.74 Å². The molecule has 1 N–H and O–H groups in total. The zero-order valence-corrected chi connectivity index (χ0v) is 12.3. The minimum Gasteiger partial charge on any atom is -0.379 e. The van der Waals surface area contributed by atoms with E-state index in [1.807, 2.05) is 0 Å². The third kappa shape index (κ3) is 7.53. The van der Waals surface area contributed by atoms with Crippen LogP contribution in [0.2, 0.25) is 0 Å². The molecule has 7 heteroatoms. The number of nitrogens with one attached hydrogen (secondary N) is 1. The largest absolute Gasteiger partial charge is 0.379 e. The molecule has 1 heterocycles. The van der Waals surface area contributed by atoms with Gasteiger partial charge in [-0.1, -0.05) is 0 Å². The normalized spacial score (nSPS) is 18.1. The first-order valence-corrected chi connectivity index (χ1v) is 8.66. The summed E-state index contributed by atoms with van der Waals surface area (Å²) >= 11 is 5.51. The third-order valence-electron chi connectivity index (χ3n) is 2.87. The molecular weight excluding hydrogens is 276 g/mol. The lowest BCUT2D eigenvalue weighted by Gasteiger charge is -2.26. The maximum atomic E-state index is 11.6. The van der Waals surface area contributed by atoms with Crippen molar-refractivity contribution in [2.75, 3.05) is 51.0 Å². The van der Waals surface area contributed by atoms with Gasteiger partial charge in [0.2, 0.25) is 10.0 Å². The van der Waals surface area contributed by atoms with Gasteiger partial charge >= 0.3 is 0 Å². The maximum Gasteiger partial charge on any atom is 0.211 e.